The molecule has 5 nitrogen and oxygen atoms in total. The van der Waals surface area contributed by atoms with Crippen LogP contribution in [0.3, 0.4) is 0 Å². The summed E-state index contributed by atoms with van der Waals surface area (Å²) in [6.45, 7) is 5.17. The number of carbonyl (C=O) groups is 1. The van der Waals surface area contributed by atoms with Crippen molar-refractivity contribution in [2.45, 2.75) is 26.1 Å². The molecule has 0 bridgehead atoms. The summed E-state index contributed by atoms with van der Waals surface area (Å²) in [7, 11) is 0. The van der Waals surface area contributed by atoms with Crippen LogP contribution in [0.1, 0.15) is 24.3 Å². The van der Waals surface area contributed by atoms with Crippen LogP contribution in [-0.2, 0) is 4.74 Å². The van der Waals surface area contributed by atoms with Crippen molar-refractivity contribution >= 4 is 32.7 Å². The molecule has 3 rings (SSSR count). The number of nitrogens with zero attached hydrogens (tertiary/aromatic N) is 2. The number of amides is 1. The van der Waals surface area contributed by atoms with E-state index in [1.165, 1.54) is 0 Å². The fourth-order valence-electron chi connectivity index (χ4n) is 2.64. The van der Waals surface area contributed by atoms with Gasteiger partial charge in [0.15, 0.2) is 5.69 Å². The van der Waals surface area contributed by atoms with Gasteiger partial charge >= 0.3 is 0 Å². The third kappa shape index (κ3) is 2.45. The summed E-state index contributed by atoms with van der Waals surface area (Å²) in [5.74, 6) is -0.0450. The summed E-state index contributed by atoms with van der Waals surface area (Å²) in [6, 6.07) is 5.75. The van der Waals surface area contributed by atoms with Gasteiger partial charge in [-0.15, -0.1) is 0 Å². The predicted octanol–water partition coefficient (Wildman–Crippen LogP) is 2.57. The maximum atomic E-state index is 12.6. The first kappa shape index (κ1) is 13.6. The fourth-order valence-corrected chi connectivity index (χ4v) is 3.00. The van der Waals surface area contributed by atoms with Crippen molar-refractivity contribution in [3.63, 3.8) is 0 Å². The molecule has 2 heterocycles. The number of fused-ring (bicyclic) bond motifs is 1. The lowest BCUT2D eigenvalue weighted by molar-refractivity contribution is -0.0587. The molecule has 0 radical (unpaired) electrons. The minimum Gasteiger partial charge on any atom is -0.372 e. The highest BCUT2D eigenvalue weighted by molar-refractivity contribution is 9.10. The van der Waals surface area contributed by atoms with Crippen LogP contribution in [0.15, 0.2) is 22.7 Å². The average molecular weight is 338 g/mol. The molecule has 1 amide bonds. The molecule has 1 saturated heterocycles. The maximum Gasteiger partial charge on any atom is 0.275 e. The Labute approximate surface area is 125 Å². The molecular weight excluding hydrogens is 322 g/mol. The first-order chi connectivity index (χ1) is 9.54. The van der Waals surface area contributed by atoms with Gasteiger partial charge in [-0.05, 0) is 32.0 Å². The Morgan fingerprint density at radius 3 is 2.80 bits per heavy atom. The number of ether oxygens (including phenoxy) is 1. The molecule has 1 N–H and O–H groups in total. The lowest BCUT2D eigenvalue weighted by Gasteiger charge is -2.34. The number of hydrogen-bond acceptors (Lipinski definition) is 3. The van der Waals surface area contributed by atoms with Crippen LogP contribution >= 0.6 is 15.9 Å². The van der Waals surface area contributed by atoms with Crippen molar-refractivity contribution in [1.82, 2.24) is 15.1 Å². The summed E-state index contributed by atoms with van der Waals surface area (Å²) in [4.78, 5) is 14.5. The number of H-pyrrole nitrogens is 1. The minimum atomic E-state index is -0.0450. The number of morpholine rings is 1. The Balaban J connectivity index is 1.94. The van der Waals surface area contributed by atoms with Crippen LogP contribution in [0.2, 0.25) is 0 Å². The van der Waals surface area contributed by atoms with Crippen LogP contribution in [0, 0.1) is 0 Å². The van der Waals surface area contributed by atoms with Crippen LogP contribution in [0.5, 0.6) is 0 Å². The highest BCUT2D eigenvalue weighted by Gasteiger charge is 2.28. The smallest absolute Gasteiger partial charge is 0.275 e. The molecule has 20 heavy (non-hydrogen) atoms. The van der Waals surface area contributed by atoms with Gasteiger partial charge in [0.1, 0.15) is 0 Å². The Kier molecular flexibility index (Phi) is 3.52. The highest BCUT2D eigenvalue weighted by Crippen LogP contribution is 2.23. The number of rotatable bonds is 1. The number of hydrogen-bond donors (Lipinski definition) is 1. The second-order valence-corrected chi connectivity index (χ2v) is 6.15. The van der Waals surface area contributed by atoms with Gasteiger partial charge < -0.3 is 9.64 Å². The van der Waals surface area contributed by atoms with Crippen molar-refractivity contribution in [1.29, 1.82) is 0 Å². The van der Waals surface area contributed by atoms with E-state index < -0.39 is 0 Å². The summed E-state index contributed by atoms with van der Waals surface area (Å²) in [6.07, 6.45) is 0.110. The summed E-state index contributed by atoms with van der Waals surface area (Å²) < 4.78 is 6.60. The largest absolute Gasteiger partial charge is 0.372 e. The third-order valence-electron chi connectivity index (χ3n) is 3.43. The van der Waals surface area contributed by atoms with Gasteiger partial charge in [0, 0.05) is 22.9 Å². The van der Waals surface area contributed by atoms with E-state index in [-0.39, 0.29) is 18.1 Å². The second-order valence-electron chi connectivity index (χ2n) is 5.23. The lowest BCUT2D eigenvalue weighted by Crippen LogP contribution is -2.48. The maximum absolute atomic E-state index is 12.6. The van der Waals surface area contributed by atoms with Crippen molar-refractivity contribution in [3.05, 3.63) is 28.4 Å². The number of carbonyl (C=O) groups excluding carboxylic acids is 1. The molecular formula is C14H16BrN3O2. The monoisotopic (exact) mass is 337 g/mol. The summed E-state index contributed by atoms with van der Waals surface area (Å²) in [5, 5.41) is 7.94. The SMILES string of the molecule is C[C@H]1CN(C(=O)c2n[nH]c3ccc(Br)cc23)C[C@H](C)O1. The van der Waals surface area contributed by atoms with E-state index in [2.05, 4.69) is 26.1 Å². The molecule has 1 aromatic heterocycles. The van der Waals surface area contributed by atoms with Crippen LogP contribution in [-0.4, -0.2) is 46.3 Å². The molecule has 0 aliphatic carbocycles. The standard InChI is InChI=1S/C14H16BrN3O2/c1-8-6-18(7-9(2)20-8)14(19)13-11-5-10(15)3-4-12(11)16-17-13/h3-5,8-9H,6-7H2,1-2H3,(H,16,17)/t8-,9-/m0/s1. The zero-order valence-corrected chi connectivity index (χ0v) is 13.0. The predicted molar refractivity (Wildman–Crippen MR) is 79.7 cm³/mol. The van der Waals surface area contributed by atoms with E-state index in [4.69, 9.17) is 4.74 Å². The minimum absolute atomic E-state index is 0.0450. The zero-order valence-electron chi connectivity index (χ0n) is 11.4. The van der Waals surface area contributed by atoms with Gasteiger partial charge in [0.05, 0.1) is 17.7 Å². The average Bonchev–Trinajstić information content (AvgIpc) is 2.79. The van der Waals surface area contributed by atoms with Crippen molar-refractivity contribution < 1.29 is 9.53 Å². The van der Waals surface area contributed by atoms with E-state index >= 15 is 0 Å². The number of aromatic amines is 1. The topological polar surface area (TPSA) is 58.2 Å². The van der Waals surface area contributed by atoms with Crippen LogP contribution in [0.25, 0.3) is 10.9 Å². The van der Waals surface area contributed by atoms with E-state index in [0.29, 0.717) is 18.8 Å². The number of nitrogens with one attached hydrogen (secondary N) is 1. The summed E-state index contributed by atoms with van der Waals surface area (Å²) >= 11 is 3.43. The van der Waals surface area contributed by atoms with Crippen LogP contribution in [0.4, 0.5) is 0 Å². The molecule has 0 spiro atoms. The van der Waals surface area contributed by atoms with Crippen molar-refractivity contribution in [3.8, 4) is 0 Å². The van der Waals surface area contributed by atoms with Gasteiger partial charge in [-0.25, -0.2) is 0 Å². The second kappa shape index (κ2) is 5.18. The third-order valence-corrected chi connectivity index (χ3v) is 3.93. The quantitative estimate of drug-likeness (QED) is 0.869. The number of halogens is 1. The highest BCUT2D eigenvalue weighted by atomic mass is 79.9. The van der Waals surface area contributed by atoms with E-state index in [0.717, 1.165) is 15.4 Å². The van der Waals surface area contributed by atoms with E-state index in [1.807, 2.05) is 36.9 Å². The van der Waals surface area contributed by atoms with E-state index in [9.17, 15) is 4.79 Å². The first-order valence-electron chi connectivity index (χ1n) is 6.63. The Morgan fingerprint density at radius 2 is 2.10 bits per heavy atom. The summed E-state index contributed by atoms with van der Waals surface area (Å²) in [5.41, 5.74) is 1.34. The molecule has 2 aromatic rings. The van der Waals surface area contributed by atoms with Gasteiger partial charge in [-0.2, -0.15) is 5.10 Å². The van der Waals surface area contributed by atoms with Gasteiger partial charge in [0.25, 0.3) is 5.91 Å². The lowest BCUT2D eigenvalue weighted by atomic mass is 10.1. The molecule has 1 fully saturated rings. The Bertz CT molecular complexity index is 645. The Morgan fingerprint density at radius 1 is 1.40 bits per heavy atom. The normalized spacial score (nSPS) is 23.2. The Hall–Kier alpha value is -1.40. The zero-order chi connectivity index (χ0) is 14.3. The molecule has 106 valence electrons. The molecule has 2 atom stereocenters. The molecule has 1 aliphatic heterocycles. The molecule has 0 saturated carbocycles. The number of aromatic nitrogens is 2. The molecule has 0 unspecified atom stereocenters. The number of benzene rings is 1. The van der Waals surface area contributed by atoms with Crippen LogP contribution < -0.4 is 0 Å². The molecule has 1 aliphatic rings. The van der Waals surface area contributed by atoms with E-state index in [1.54, 1.807) is 0 Å². The molecule has 6 heteroatoms. The molecule has 1 aromatic carbocycles. The fraction of sp³-hybridized carbons (Fsp3) is 0.429. The van der Waals surface area contributed by atoms with Crippen molar-refractivity contribution in [2.75, 3.05) is 13.1 Å². The van der Waals surface area contributed by atoms with Gasteiger partial charge in [-0.3, -0.25) is 9.89 Å². The van der Waals surface area contributed by atoms with Gasteiger partial charge in [-0.1, -0.05) is 15.9 Å². The first-order valence-corrected chi connectivity index (χ1v) is 7.42. The van der Waals surface area contributed by atoms with Gasteiger partial charge in [0.2, 0.25) is 0 Å². The van der Waals surface area contributed by atoms with Crippen molar-refractivity contribution in [2.24, 2.45) is 0 Å².